The zero-order valence-electron chi connectivity index (χ0n) is 14.2. The number of carbonyl (C=O) groups excluding carboxylic acids is 2. The van der Waals surface area contributed by atoms with E-state index in [9.17, 15) is 9.59 Å². The second kappa shape index (κ2) is 8.43. The van der Waals surface area contributed by atoms with Crippen LogP contribution in [0.3, 0.4) is 0 Å². The first-order chi connectivity index (χ1) is 11.9. The fourth-order valence-electron chi connectivity index (χ4n) is 1.97. The first-order valence-electron chi connectivity index (χ1n) is 7.72. The number of amides is 1. The molecule has 2 N–H and O–H groups in total. The van der Waals surface area contributed by atoms with E-state index in [-0.39, 0.29) is 17.3 Å². The van der Waals surface area contributed by atoms with Crippen LogP contribution in [0.2, 0.25) is 5.02 Å². The van der Waals surface area contributed by atoms with Crippen LogP contribution in [0, 0.1) is 0 Å². The molecule has 0 saturated carbocycles. The minimum Gasteiger partial charge on any atom is -0.465 e. The van der Waals surface area contributed by atoms with Crippen LogP contribution in [0.4, 0.5) is 11.5 Å². The Morgan fingerprint density at radius 1 is 1.28 bits per heavy atom. The van der Waals surface area contributed by atoms with Gasteiger partial charge in [-0.2, -0.15) is 0 Å². The molecule has 1 unspecified atom stereocenters. The molecule has 0 aliphatic carbocycles. The van der Waals surface area contributed by atoms with E-state index in [2.05, 4.69) is 25.3 Å². The molecule has 1 atom stereocenters. The largest absolute Gasteiger partial charge is 0.465 e. The standard InChI is InChI=1S/C17H19ClN4O3/c1-4-10(2)21-15-8-14(19-9-20-15)16(23)22-13-7-11(17(24)25-3)5-6-12(13)18/h5-10H,4H2,1-3H3,(H,22,23)(H,19,20,21). The quantitative estimate of drug-likeness (QED) is 0.765. The summed E-state index contributed by atoms with van der Waals surface area (Å²) in [5.41, 5.74) is 0.758. The number of nitrogens with one attached hydrogen (secondary N) is 2. The first-order valence-corrected chi connectivity index (χ1v) is 8.10. The number of ether oxygens (including phenoxy) is 1. The van der Waals surface area contributed by atoms with Crippen LogP contribution in [0.15, 0.2) is 30.6 Å². The fraction of sp³-hybridized carbons (Fsp3) is 0.294. The maximum atomic E-state index is 12.4. The molecule has 2 rings (SSSR count). The molecule has 0 aliphatic heterocycles. The highest BCUT2D eigenvalue weighted by Gasteiger charge is 2.14. The van der Waals surface area contributed by atoms with E-state index in [0.29, 0.717) is 16.5 Å². The van der Waals surface area contributed by atoms with Crippen molar-refractivity contribution in [3.05, 3.63) is 46.9 Å². The molecule has 25 heavy (non-hydrogen) atoms. The third-order valence-electron chi connectivity index (χ3n) is 3.54. The van der Waals surface area contributed by atoms with Crippen LogP contribution in [-0.4, -0.2) is 35.0 Å². The predicted octanol–water partition coefficient (Wildman–Crippen LogP) is 3.38. The highest BCUT2D eigenvalue weighted by Crippen LogP contribution is 2.24. The molecule has 0 aliphatic rings. The molecule has 0 spiro atoms. The van der Waals surface area contributed by atoms with Gasteiger partial charge < -0.3 is 15.4 Å². The van der Waals surface area contributed by atoms with Gasteiger partial charge >= 0.3 is 5.97 Å². The number of aromatic nitrogens is 2. The van der Waals surface area contributed by atoms with E-state index >= 15 is 0 Å². The average Bonchev–Trinajstić information content (AvgIpc) is 2.62. The molecule has 7 nitrogen and oxygen atoms in total. The molecule has 8 heteroatoms. The summed E-state index contributed by atoms with van der Waals surface area (Å²) < 4.78 is 4.66. The summed E-state index contributed by atoms with van der Waals surface area (Å²) in [6, 6.07) is 6.25. The number of methoxy groups -OCH3 is 1. The Balaban J connectivity index is 2.19. The highest BCUT2D eigenvalue weighted by molar-refractivity contribution is 6.34. The van der Waals surface area contributed by atoms with Crippen molar-refractivity contribution in [3.8, 4) is 0 Å². The lowest BCUT2D eigenvalue weighted by Crippen LogP contribution is -2.18. The molecule has 0 bridgehead atoms. The molecule has 1 aromatic carbocycles. The summed E-state index contributed by atoms with van der Waals surface area (Å²) in [5, 5.41) is 6.12. The van der Waals surface area contributed by atoms with Gasteiger partial charge in [0.25, 0.3) is 5.91 Å². The third-order valence-corrected chi connectivity index (χ3v) is 3.87. The van der Waals surface area contributed by atoms with E-state index in [1.54, 1.807) is 6.07 Å². The van der Waals surface area contributed by atoms with Gasteiger partial charge in [-0.3, -0.25) is 4.79 Å². The van der Waals surface area contributed by atoms with Crippen LogP contribution in [0.1, 0.15) is 41.1 Å². The van der Waals surface area contributed by atoms with E-state index in [0.717, 1.165) is 6.42 Å². The van der Waals surface area contributed by atoms with E-state index in [1.807, 2.05) is 13.8 Å². The zero-order valence-corrected chi connectivity index (χ0v) is 14.9. The summed E-state index contributed by atoms with van der Waals surface area (Å²) in [6.45, 7) is 4.06. The number of rotatable bonds is 6. The van der Waals surface area contributed by atoms with Crippen molar-refractivity contribution in [3.63, 3.8) is 0 Å². The van der Waals surface area contributed by atoms with Gasteiger partial charge in [-0.1, -0.05) is 18.5 Å². The van der Waals surface area contributed by atoms with Crippen LogP contribution in [-0.2, 0) is 4.74 Å². The third kappa shape index (κ3) is 4.90. The van der Waals surface area contributed by atoms with Crippen molar-refractivity contribution in [1.82, 2.24) is 9.97 Å². The maximum Gasteiger partial charge on any atom is 0.337 e. The Kier molecular flexibility index (Phi) is 6.30. The van der Waals surface area contributed by atoms with Crippen molar-refractivity contribution < 1.29 is 14.3 Å². The van der Waals surface area contributed by atoms with Crippen LogP contribution < -0.4 is 10.6 Å². The monoisotopic (exact) mass is 362 g/mol. The molecule has 1 amide bonds. The maximum absolute atomic E-state index is 12.4. The van der Waals surface area contributed by atoms with Gasteiger partial charge in [0.15, 0.2) is 0 Å². The number of anilines is 2. The predicted molar refractivity (Wildman–Crippen MR) is 96.2 cm³/mol. The van der Waals surface area contributed by atoms with Gasteiger partial charge in [0.1, 0.15) is 17.8 Å². The second-order valence-electron chi connectivity index (χ2n) is 5.38. The molecule has 1 heterocycles. The molecule has 132 valence electrons. The lowest BCUT2D eigenvalue weighted by molar-refractivity contribution is 0.0600. The molecule has 1 aromatic heterocycles. The smallest absolute Gasteiger partial charge is 0.337 e. The summed E-state index contributed by atoms with van der Waals surface area (Å²) in [4.78, 5) is 32.1. The number of nitrogens with zero attached hydrogens (tertiary/aromatic N) is 2. The molecule has 2 aromatic rings. The normalized spacial score (nSPS) is 11.5. The highest BCUT2D eigenvalue weighted by atomic mass is 35.5. The van der Waals surface area contributed by atoms with Gasteiger partial charge in [0.2, 0.25) is 0 Å². The molecular weight excluding hydrogens is 344 g/mol. The SMILES string of the molecule is CCC(C)Nc1cc(C(=O)Nc2cc(C(=O)OC)ccc2Cl)ncn1. The van der Waals surface area contributed by atoms with E-state index in [1.165, 1.54) is 31.6 Å². The minimum absolute atomic E-state index is 0.181. The van der Waals surface area contributed by atoms with Crippen molar-refractivity contribution in [2.75, 3.05) is 17.7 Å². The first kappa shape index (κ1) is 18.7. The Hall–Kier alpha value is -2.67. The van der Waals surface area contributed by atoms with Crippen LogP contribution in [0.25, 0.3) is 0 Å². The van der Waals surface area contributed by atoms with Gasteiger partial charge in [-0.25, -0.2) is 14.8 Å². The van der Waals surface area contributed by atoms with E-state index < -0.39 is 11.9 Å². The number of esters is 1. The van der Waals surface area contributed by atoms with Crippen LogP contribution >= 0.6 is 11.6 Å². The van der Waals surface area contributed by atoms with Gasteiger partial charge in [-0.15, -0.1) is 0 Å². The lowest BCUT2D eigenvalue weighted by Gasteiger charge is -2.12. The fourth-order valence-corrected chi connectivity index (χ4v) is 2.13. The Bertz CT molecular complexity index is 782. The number of hydrogen-bond donors (Lipinski definition) is 2. The molecule has 0 fully saturated rings. The molecular formula is C17H19ClN4O3. The summed E-state index contributed by atoms with van der Waals surface area (Å²) in [6.07, 6.45) is 2.23. The van der Waals surface area contributed by atoms with E-state index in [4.69, 9.17) is 11.6 Å². The molecule has 0 radical (unpaired) electrons. The number of carbonyl (C=O) groups is 2. The Morgan fingerprint density at radius 2 is 2.04 bits per heavy atom. The zero-order chi connectivity index (χ0) is 18.4. The number of benzene rings is 1. The van der Waals surface area contributed by atoms with Crippen LogP contribution in [0.5, 0.6) is 0 Å². The average molecular weight is 363 g/mol. The Labute approximate surface area is 150 Å². The Morgan fingerprint density at radius 3 is 2.72 bits per heavy atom. The topological polar surface area (TPSA) is 93.2 Å². The summed E-state index contributed by atoms with van der Waals surface area (Å²) in [7, 11) is 1.28. The van der Waals surface area contributed by atoms with Crippen molar-refractivity contribution in [2.45, 2.75) is 26.3 Å². The second-order valence-corrected chi connectivity index (χ2v) is 5.79. The van der Waals surface area contributed by atoms with Crippen molar-refractivity contribution in [2.24, 2.45) is 0 Å². The van der Waals surface area contributed by atoms with Crippen molar-refractivity contribution >= 4 is 35.0 Å². The number of hydrogen-bond acceptors (Lipinski definition) is 6. The van der Waals surface area contributed by atoms with Gasteiger partial charge in [0, 0.05) is 12.1 Å². The van der Waals surface area contributed by atoms with Crippen molar-refractivity contribution in [1.29, 1.82) is 0 Å². The number of halogens is 1. The lowest BCUT2D eigenvalue weighted by atomic mass is 10.2. The van der Waals surface area contributed by atoms with Gasteiger partial charge in [0.05, 0.1) is 23.4 Å². The minimum atomic E-state index is -0.519. The molecule has 0 saturated heterocycles. The summed E-state index contributed by atoms with van der Waals surface area (Å²) >= 11 is 6.08. The van der Waals surface area contributed by atoms with Gasteiger partial charge in [-0.05, 0) is 31.5 Å². The summed E-state index contributed by atoms with van der Waals surface area (Å²) in [5.74, 6) is -0.420.